The van der Waals surface area contributed by atoms with E-state index in [2.05, 4.69) is 12.2 Å². The van der Waals surface area contributed by atoms with Gasteiger partial charge < -0.3 is 11.1 Å². The van der Waals surface area contributed by atoms with E-state index in [1.54, 1.807) is 12.1 Å². The minimum atomic E-state index is 0.0155. The number of benzene rings is 1. The van der Waals surface area contributed by atoms with Crippen LogP contribution in [0.25, 0.3) is 0 Å². The van der Waals surface area contributed by atoms with Crippen molar-refractivity contribution in [3.8, 4) is 0 Å². The molecule has 1 aromatic carbocycles. The summed E-state index contributed by atoms with van der Waals surface area (Å²) in [4.78, 5) is 12.1. The number of rotatable bonds is 3. The van der Waals surface area contributed by atoms with Gasteiger partial charge in [-0.1, -0.05) is 19.8 Å². The molecule has 0 bridgehead atoms. The van der Waals surface area contributed by atoms with Gasteiger partial charge in [-0.2, -0.15) is 0 Å². The Hall–Kier alpha value is -1.51. The van der Waals surface area contributed by atoms with Crippen molar-refractivity contribution in [1.29, 1.82) is 0 Å². The average Bonchev–Trinajstić information content (AvgIpc) is 2.41. The van der Waals surface area contributed by atoms with E-state index in [9.17, 15) is 4.79 Å². The van der Waals surface area contributed by atoms with Crippen LogP contribution < -0.4 is 11.1 Å². The molecule has 1 fully saturated rings. The fourth-order valence-electron chi connectivity index (χ4n) is 2.69. The van der Waals surface area contributed by atoms with Crippen molar-refractivity contribution in [3.05, 3.63) is 29.3 Å². The second kappa shape index (κ2) is 6.09. The first-order valence-corrected chi connectivity index (χ1v) is 7.20. The highest BCUT2D eigenvalue weighted by atomic mass is 16.1. The monoisotopic (exact) mass is 260 g/mol. The van der Waals surface area contributed by atoms with Crippen LogP contribution in [-0.2, 0) is 0 Å². The van der Waals surface area contributed by atoms with Crippen LogP contribution in [0.15, 0.2) is 18.2 Å². The highest BCUT2D eigenvalue weighted by molar-refractivity contribution is 5.94. The van der Waals surface area contributed by atoms with Gasteiger partial charge in [0.05, 0.1) is 0 Å². The number of hydrogen-bond donors (Lipinski definition) is 2. The Labute approximate surface area is 115 Å². The van der Waals surface area contributed by atoms with Gasteiger partial charge in [0.1, 0.15) is 0 Å². The zero-order chi connectivity index (χ0) is 13.8. The summed E-state index contributed by atoms with van der Waals surface area (Å²) in [6.07, 6.45) is 5.06. The second-order valence-corrected chi connectivity index (χ2v) is 5.91. The Morgan fingerprint density at radius 3 is 2.63 bits per heavy atom. The fourth-order valence-corrected chi connectivity index (χ4v) is 2.69. The Balaban J connectivity index is 1.85. The molecule has 0 aliphatic heterocycles. The first-order chi connectivity index (χ1) is 9.06. The van der Waals surface area contributed by atoms with E-state index in [0.29, 0.717) is 11.5 Å². The lowest BCUT2D eigenvalue weighted by molar-refractivity contribution is 0.0942. The third-order valence-corrected chi connectivity index (χ3v) is 4.22. The van der Waals surface area contributed by atoms with Crippen LogP contribution in [0.5, 0.6) is 0 Å². The van der Waals surface area contributed by atoms with Crippen molar-refractivity contribution in [2.45, 2.75) is 39.5 Å². The Morgan fingerprint density at radius 2 is 2.00 bits per heavy atom. The largest absolute Gasteiger partial charge is 0.399 e. The first-order valence-electron chi connectivity index (χ1n) is 7.20. The van der Waals surface area contributed by atoms with E-state index in [-0.39, 0.29) is 5.91 Å². The standard InChI is InChI=1S/C16H24N2O/c1-11-3-5-13(6-4-11)10-18-16(19)14-7-8-15(17)12(2)9-14/h7-9,11,13H,3-6,10,17H2,1-2H3,(H,18,19). The van der Waals surface area contributed by atoms with Crippen molar-refractivity contribution >= 4 is 11.6 Å². The highest BCUT2D eigenvalue weighted by Gasteiger charge is 2.18. The molecule has 0 aromatic heterocycles. The molecule has 0 radical (unpaired) electrons. The lowest BCUT2D eigenvalue weighted by atomic mass is 9.83. The molecular weight excluding hydrogens is 236 g/mol. The summed E-state index contributed by atoms with van der Waals surface area (Å²) in [5, 5.41) is 3.05. The van der Waals surface area contributed by atoms with E-state index in [4.69, 9.17) is 5.73 Å². The van der Waals surface area contributed by atoms with Crippen molar-refractivity contribution in [2.24, 2.45) is 11.8 Å². The summed E-state index contributed by atoms with van der Waals surface area (Å²) < 4.78 is 0. The maximum Gasteiger partial charge on any atom is 0.251 e. The zero-order valence-corrected chi connectivity index (χ0v) is 11.9. The smallest absolute Gasteiger partial charge is 0.251 e. The molecular formula is C16H24N2O. The molecule has 1 aromatic rings. The van der Waals surface area contributed by atoms with Gasteiger partial charge in [-0.05, 0) is 55.4 Å². The molecule has 1 saturated carbocycles. The molecule has 3 heteroatoms. The topological polar surface area (TPSA) is 55.1 Å². The Morgan fingerprint density at radius 1 is 1.32 bits per heavy atom. The van der Waals surface area contributed by atoms with Crippen LogP contribution in [-0.4, -0.2) is 12.5 Å². The number of carbonyl (C=O) groups excluding carboxylic acids is 1. The molecule has 104 valence electrons. The lowest BCUT2D eigenvalue weighted by Crippen LogP contribution is -2.31. The predicted molar refractivity (Wildman–Crippen MR) is 79.0 cm³/mol. The maximum atomic E-state index is 12.1. The van der Waals surface area contributed by atoms with Gasteiger partial charge in [0.25, 0.3) is 5.91 Å². The van der Waals surface area contributed by atoms with E-state index >= 15 is 0 Å². The van der Waals surface area contributed by atoms with Crippen LogP contribution in [0.3, 0.4) is 0 Å². The fraction of sp³-hybridized carbons (Fsp3) is 0.562. The van der Waals surface area contributed by atoms with Crippen molar-refractivity contribution in [3.63, 3.8) is 0 Å². The van der Waals surface area contributed by atoms with Crippen molar-refractivity contribution in [2.75, 3.05) is 12.3 Å². The predicted octanol–water partition coefficient (Wildman–Crippen LogP) is 3.13. The van der Waals surface area contributed by atoms with E-state index in [0.717, 1.165) is 23.7 Å². The molecule has 2 rings (SSSR count). The Kier molecular flexibility index (Phi) is 4.46. The Bertz CT molecular complexity index is 448. The number of nitrogen functional groups attached to an aromatic ring is 1. The average molecular weight is 260 g/mol. The number of carbonyl (C=O) groups is 1. The van der Waals surface area contributed by atoms with Crippen molar-refractivity contribution < 1.29 is 4.79 Å². The summed E-state index contributed by atoms with van der Waals surface area (Å²) >= 11 is 0. The molecule has 3 N–H and O–H groups in total. The van der Waals surface area contributed by atoms with Crippen LogP contribution in [0.1, 0.15) is 48.5 Å². The number of anilines is 1. The number of nitrogens with one attached hydrogen (secondary N) is 1. The molecule has 1 aliphatic carbocycles. The highest BCUT2D eigenvalue weighted by Crippen LogP contribution is 2.27. The summed E-state index contributed by atoms with van der Waals surface area (Å²) in [6, 6.07) is 5.45. The van der Waals surface area contributed by atoms with E-state index in [1.807, 2.05) is 13.0 Å². The second-order valence-electron chi connectivity index (χ2n) is 5.91. The van der Waals surface area contributed by atoms with Gasteiger partial charge in [0.15, 0.2) is 0 Å². The van der Waals surface area contributed by atoms with Crippen molar-refractivity contribution in [1.82, 2.24) is 5.32 Å². The minimum absolute atomic E-state index is 0.0155. The molecule has 1 amide bonds. The third-order valence-electron chi connectivity index (χ3n) is 4.22. The van der Waals surface area contributed by atoms with E-state index in [1.165, 1.54) is 25.7 Å². The number of hydrogen-bond acceptors (Lipinski definition) is 2. The molecule has 0 atom stereocenters. The third kappa shape index (κ3) is 3.72. The van der Waals surface area contributed by atoms with Gasteiger partial charge in [-0.25, -0.2) is 0 Å². The van der Waals surface area contributed by atoms with Crippen LogP contribution in [0, 0.1) is 18.8 Å². The molecule has 19 heavy (non-hydrogen) atoms. The van der Waals surface area contributed by atoms with Gasteiger partial charge in [0.2, 0.25) is 0 Å². The van der Waals surface area contributed by atoms with Gasteiger partial charge in [0, 0.05) is 17.8 Å². The quantitative estimate of drug-likeness (QED) is 0.820. The number of aryl methyl sites for hydroxylation is 1. The number of nitrogens with two attached hydrogens (primary N) is 1. The molecule has 0 spiro atoms. The van der Waals surface area contributed by atoms with Crippen LogP contribution >= 0.6 is 0 Å². The summed E-state index contributed by atoms with van der Waals surface area (Å²) in [7, 11) is 0. The molecule has 1 aliphatic rings. The normalized spacial score (nSPS) is 23.1. The summed E-state index contributed by atoms with van der Waals surface area (Å²) in [5.74, 6) is 1.52. The zero-order valence-electron chi connectivity index (χ0n) is 11.9. The summed E-state index contributed by atoms with van der Waals surface area (Å²) in [6.45, 7) is 5.04. The number of amides is 1. The SMILES string of the molecule is Cc1cc(C(=O)NCC2CCC(C)CC2)ccc1N. The maximum absolute atomic E-state index is 12.1. The molecule has 0 heterocycles. The van der Waals surface area contributed by atoms with Crippen LogP contribution in [0.2, 0.25) is 0 Å². The molecule has 0 saturated heterocycles. The lowest BCUT2D eigenvalue weighted by Gasteiger charge is -2.26. The minimum Gasteiger partial charge on any atom is -0.399 e. The molecule has 3 nitrogen and oxygen atoms in total. The van der Waals surface area contributed by atoms with Gasteiger partial charge >= 0.3 is 0 Å². The van der Waals surface area contributed by atoms with E-state index < -0.39 is 0 Å². The van der Waals surface area contributed by atoms with Gasteiger partial charge in [-0.3, -0.25) is 4.79 Å². The van der Waals surface area contributed by atoms with Crippen LogP contribution in [0.4, 0.5) is 5.69 Å². The summed E-state index contributed by atoms with van der Waals surface area (Å²) in [5.41, 5.74) is 8.16. The van der Waals surface area contributed by atoms with Gasteiger partial charge in [-0.15, -0.1) is 0 Å². The molecule has 0 unspecified atom stereocenters. The first kappa shape index (κ1) is 13.9.